The van der Waals surface area contributed by atoms with E-state index < -0.39 is 0 Å². The van der Waals surface area contributed by atoms with Gasteiger partial charge in [0.15, 0.2) is 0 Å². The Hall–Kier alpha value is 2.63. The Bertz CT molecular complexity index is 8.00. The van der Waals surface area contributed by atoms with Crippen LogP contribution >= 0.6 is 23.4 Å². The van der Waals surface area contributed by atoms with Gasteiger partial charge in [0.05, 0.1) is 0 Å². The summed E-state index contributed by atoms with van der Waals surface area (Å²) >= 11 is 0. The molecule has 0 heterocycles. The summed E-state index contributed by atoms with van der Waals surface area (Å²) in [5, 5.41) is 0. The van der Waals surface area contributed by atoms with E-state index in [2.05, 4.69) is 0 Å². The Morgan fingerprint density at radius 3 is 1.00 bits per heavy atom. The zero-order valence-electron chi connectivity index (χ0n) is 2.36. The van der Waals surface area contributed by atoms with Gasteiger partial charge in [-0.05, 0) is 0 Å². The first-order chi connectivity index (χ1) is 0. The number of hydrogen-bond donors (Lipinski definition) is 0. The van der Waals surface area contributed by atoms with E-state index in [4.69, 9.17) is 0 Å². The van der Waals surface area contributed by atoms with Gasteiger partial charge in [-0.3, -0.25) is 0 Å². The van der Waals surface area contributed by atoms with Gasteiger partial charge in [-0.15, -0.1) is 0 Å². The van der Waals surface area contributed by atoms with E-state index in [0.29, 0.717) is 0 Å². The smallest absolute Gasteiger partial charge is 0 e. The van der Waals surface area contributed by atoms with Crippen molar-refractivity contribution in [2.75, 3.05) is 0 Å². The molecule has 4 heavy (non-hydrogen) atoms. The van der Waals surface area contributed by atoms with Crippen LogP contribution in [0.2, 0.25) is 0 Å². The summed E-state index contributed by atoms with van der Waals surface area (Å²) in [6.45, 7) is 0. The normalized spacial score (nSPS) is 0. The first-order valence-electron chi connectivity index (χ1n) is 0. The largest absolute Gasteiger partial charge is 0 e. The molecule has 0 nitrogen and oxygen atoms in total. The fourth-order valence-electron chi connectivity index (χ4n) is 0. The Morgan fingerprint density at radius 2 is 1.00 bits per heavy atom. The van der Waals surface area contributed by atoms with Crippen molar-refractivity contribution in [3.63, 3.8) is 0 Å². The van der Waals surface area contributed by atoms with Crippen LogP contribution in [0.1, 0.15) is 0 Å². The molecule has 0 spiro atoms. The zero-order chi connectivity index (χ0) is 0. The van der Waals surface area contributed by atoms with Crippen LogP contribution in [-0.4, -0.2) is 62.3 Å². The van der Waals surface area contributed by atoms with Crippen LogP contribution in [0.3, 0.4) is 0 Å². The third-order valence-electron chi connectivity index (χ3n) is 0. The Labute approximate surface area is 84.0 Å². The molecule has 0 aliphatic carbocycles. The van der Waals surface area contributed by atoms with Crippen molar-refractivity contribution < 1.29 is 0 Å². The van der Waals surface area contributed by atoms with Crippen LogP contribution in [0.5, 0.6) is 0 Å². The van der Waals surface area contributed by atoms with Crippen LogP contribution in [0, 0.1) is 0 Å². The Balaban J connectivity index is 0. The van der Waals surface area contributed by atoms with Gasteiger partial charge in [-0.1, -0.05) is 0 Å². The van der Waals surface area contributed by atoms with E-state index in [0.717, 1.165) is 0 Å². The first-order valence-corrected chi connectivity index (χ1v) is 0. The summed E-state index contributed by atoms with van der Waals surface area (Å²) in [6.07, 6.45) is 0. The standard InChI is InChI=1S/K.P.S.Si. The molecule has 0 aliphatic heterocycles. The van der Waals surface area contributed by atoms with Gasteiger partial charge in [0.1, 0.15) is 0 Å². The fraction of sp³-hybridized carbons (Fsp3) is 0. The minimum absolute atomic E-state index is 0. The summed E-state index contributed by atoms with van der Waals surface area (Å²) < 4.78 is 0. The van der Waals surface area contributed by atoms with Crippen LogP contribution in [0.25, 0.3) is 0 Å². The van der Waals surface area contributed by atoms with E-state index >= 15 is 0 Å². The first kappa shape index (κ1) is 30.4. The van der Waals surface area contributed by atoms with Gasteiger partial charge in [0.25, 0.3) is 0 Å². The van der Waals surface area contributed by atoms with Crippen LogP contribution < -0.4 is 0 Å². The van der Waals surface area contributed by atoms with Crippen molar-refractivity contribution in [3.8, 4) is 0 Å². The molecule has 0 rings (SSSR count). The SMILES string of the molecule is [K].[P].[S].[Si]. The van der Waals surface area contributed by atoms with E-state index in [1.54, 1.807) is 0 Å². The molecule has 0 fully saturated rings. The molecule has 0 aliphatic rings. The summed E-state index contributed by atoms with van der Waals surface area (Å²) in [5.74, 6) is 0. The monoisotopic (exact) mass is 130 g/mol. The maximum absolute atomic E-state index is 0. The van der Waals surface area contributed by atoms with Gasteiger partial charge >= 0.3 is 0 Å². The van der Waals surface area contributed by atoms with Gasteiger partial charge in [-0.2, -0.15) is 0 Å². The van der Waals surface area contributed by atoms with Gasteiger partial charge in [-0.25, -0.2) is 0 Å². The van der Waals surface area contributed by atoms with Crippen LogP contribution in [0.15, 0.2) is 0 Å². The third kappa shape index (κ3) is 8.82. The minimum Gasteiger partial charge on any atom is 0 e. The molecule has 0 saturated carbocycles. The van der Waals surface area contributed by atoms with Crippen LogP contribution in [-0.2, 0) is 0 Å². The van der Waals surface area contributed by atoms with E-state index in [-0.39, 0.29) is 85.7 Å². The van der Waals surface area contributed by atoms with Gasteiger partial charge in [0.2, 0.25) is 0 Å². The molecule has 16 valence electrons. The van der Waals surface area contributed by atoms with Crippen LogP contribution in [0.4, 0.5) is 0 Å². The van der Waals surface area contributed by atoms with Gasteiger partial charge in [0, 0.05) is 85.7 Å². The number of rotatable bonds is 0. The maximum Gasteiger partial charge on any atom is 0 e. The fourth-order valence-corrected chi connectivity index (χ4v) is 0. The molecule has 10 radical (unpaired) electrons. The maximum atomic E-state index is 0. The summed E-state index contributed by atoms with van der Waals surface area (Å²) in [7, 11) is 0. The van der Waals surface area contributed by atoms with Crippen molar-refractivity contribution in [2.45, 2.75) is 0 Å². The quantitative estimate of drug-likeness (QED) is 0.335. The third-order valence-corrected chi connectivity index (χ3v) is 0. The molecule has 0 aromatic rings. The van der Waals surface area contributed by atoms with Crippen molar-refractivity contribution in [1.29, 1.82) is 0 Å². The molecule has 0 aromatic heterocycles. The Kier molecular flexibility index (Phi) is 132. The molecule has 0 atom stereocenters. The van der Waals surface area contributed by atoms with Crippen molar-refractivity contribution in [1.82, 2.24) is 0 Å². The summed E-state index contributed by atoms with van der Waals surface area (Å²) in [4.78, 5) is 0. The molecular weight excluding hydrogens is 130 g/mol. The predicted molar refractivity (Wildman–Crippen MR) is 26.0 cm³/mol. The molecule has 4 heteroatoms. The molecular formula is KPSSi. The zero-order valence-corrected chi connectivity index (χ0v) is 8.19. The van der Waals surface area contributed by atoms with Crippen molar-refractivity contribution >= 4 is 85.7 Å². The molecule has 0 bridgehead atoms. The van der Waals surface area contributed by atoms with E-state index in [9.17, 15) is 0 Å². The second-order valence-electron chi connectivity index (χ2n) is 0. The van der Waals surface area contributed by atoms with E-state index in [1.165, 1.54) is 0 Å². The summed E-state index contributed by atoms with van der Waals surface area (Å²) in [5.41, 5.74) is 0. The number of hydrogen-bond acceptors (Lipinski definition) is 0. The van der Waals surface area contributed by atoms with Crippen molar-refractivity contribution in [2.24, 2.45) is 0 Å². The average Bonchev–Trinajstić information content (AvgIpc) is 0. The topological polar surface area (TPSA) is 0 Å². The molecule has 0 aromatic carbocycles. The molecule has 0 saturated heterocycles. The molecule has 0 unspecified atom stereocenters. The Morgan fingerprint density at radius 1 is 1.00 bits per heavy atom. The second-order valence-corrected chi connectivity index (χ2v) is 0. The molecule has 0 amide bonds. The minimum atomic E-state index is 0. The predicted octanol–water partition coefficient (Wildman–Crippen LogP) is 0.748. The summed E-state index contributed by atoms with van der Waals surface area (Å²) in [6, 6.07) is 0. The van der Waals surface area contributed by atoms with E-state index in [1.807, 2.05) is 0 Å². The molecule has 0 N–H and O–H groups in total. The van der Waals surface area contributed by atoms with Gasteiger partial charge < -0.3 is 0 Å². The van der Waals surface area contributed by atoms with Crippen molar-refractivity contribution in [3.05, 3.63) is 0 Å². The second kappa shape index (κ2) is 17.4. The average molecular weight is 130 g/mol.